The molecule has 0 bridgehead atoms. The number of aliphatic hydroxyl groups excluding tert-OH is 2. The molecule has 12 heteroatoms. The summed E-state index contributed by atoms with van der Waals surface area (Å²) in [4.78, 5) is 21.9. The van der Waals surface area contributed by atoms with Gasteiger partial charge in [-0.1, -0.05) is 0 Å². The molecule has 3 rings (SSSR count). The van der Waals surface area contributed by atoms with Crippen molar-refractivity contribution in [3.8, 4) is 0 Å². The van der Waals surface area contributed by atoms with Crippen molar-refractivity contribution < 1.29 is 19.3 Å². The summed E-state index contributed by atoms with van der Waals surface area (Å²) in [6.07, 6.45) is -1.85. The molecule has 0 spiro atoms. The molecule has 2 N–H and O–H groups in total. The number of rotatable bonds is 5. The number of imidazole rings is 1. The van der Waals surface area contributed by atoms with Gasteiger partial charge >= 0.3 is 6.08 Å². The first-order valence-electron chi connectivity index (χ1n) is 6.95. The van der Waals surface area contributed by atoms with Crippen LogP contribution in [0.5, 0.6) is 0 Å². The maximum absolute atomic E-state index is 13.7. The highest BCUT2D eigenvalue weighted by atomic mass is 32.2. The number of hydrogen-bond acceptors (Lipinski definition) is 9. The molecular weight excluding hydrogens is 343 g/mol. The van der Waals surface area contributed by atoms with E-state index in [1.807, 2.05) is 6.26 Å². The summed E-state index contributed by atoms with van der Waals surface area (Å²) in [5, 5.41) is 23.8. The lowest BCUT2D eigenvalue weighted by Crippen LogP contribution is -2.32. The number of aromatic nitrogens is 4. The normalized spacial score (nSPS) is 26.9. The maximum atomic E-state index is 13.7. The van der Waals surface area contributed by atoms with Crippen molar-refractivity contribution in [3.63, 3.8) is 0 Å². The zero-order chi connectivity index (χ0) is 17.4. The summed E-state index contributed by atoms with van der Waals surface area (Å²) in [5.41, 5.74) is 0.145. The summed E-state index contributed by atoms with van der Waals surface area (Å²) < 4.78 is 20.7. The third-order valence-corrected chi connectivity index (χ3v) is 4.41. The molecule has 0 saturated carbocycles. The Morgan fingerprint density at radius 1 is 1.46 bits per heavy atom. The Morgan fingerprint density at radius 3 is 2.88 bits per heavy atom. The standard InChI is InChI=1S/C12H15FN6O4S/c1-18(17-22)9-6-10(16-12(13)15-9)19(4-14-6)11-8(21)7(20)5(23-11)3-24-2/h4-5,7-8,11,20-21H,3H2,1-2H3/t5-,7-,8-,11-/m1/s1. The Bertz CT molecular complexity index is 760. The number of thioether (sulfide) groups is 1. The molecular formula is C12H15FN6O4S. The number of fused-ring (bicyclic) bond motifs is 1. The molecule has 0 aromatic carbocycles. The van der Waals surface area contributed by atoms with Gasteiger partial charge < -0.3 is 14.9 Å². The molecule has 0 amide bonds. The van der Waals surface area contributed by atoms with Gasteiger partial charge in [-0.15, -0.1) is 4.91 Å². The van der Waals surface area contributed by atoms with Gasteiger partial charge in [-0.25, -0.2) is 9.99 Å². The highest BCUT2D eigenvalue weighted by Gasteiger charge is 2.44. The molecule has 130 valence electrons. The van der Waals surface area contributed by atoms with E-state index in [2.05, 4.69) is 20.2 Å². The minimum atomic E-state index is -1.23. The second-order valence-corrected chi connectivity index (χ2v) is 6.16. The van der Waals surface area contributed by atoms with Crippen molar-refractivity contribution in [2.45, 2.75) is 24.5 Å². The van der Waals surface area contributed by atoms with Gasteiger partial charge in [-0.3, -0.25) is 4.57 Å². The van der Waals surface area contributed by atoms with E-state index >= 15 is 0 Å². The molecule has 1 aliphatic heterocycles. The molecule has 2 aromatic rings. The quantitative estimate of drug-likeness (QED) is 0.433. The number of aliphatic hydroxyl groups is 2. The summed E-state index contributed by atoms with van der Waals surface area (Å²) in [6, 6.07) is 0. The Morgan fingerprint density at radius 2 is 2.21 bits per heavy atom. The van der Waals surface area contributed by atoms with Crippen molar-refractivity contribution in [2.75, 3.05) is 24.1 Å². The monoisotopic (exact) mass is 358 g/mol. The SMILES string of the molecule is CSC[C@H]1O[C@@H](n2cnc3c(N(C)N=O)nc(F)nc32)[C@H](O)[C@@H]1O. The van der Waals surface area contributed by atoms with Crippen LogP contribution in [-0.2, 0) is 4.74 Å². The van der Waals surface area contributed by atoms with Crippen LogP contribution in [0.25, 0.3) is 11.2 Å². The molecule has 0 radical (unpaired) electrons. The Labute approximate surface area is 139 Å². The van der Waals surface area contributed by atoms with Crippen LogP contribution < -0.4 is 5.01 Å². The number of halogens is 1. The summed E-state index contributed by atoms with van der Waals surface area (Å²) >= 11 is 1.46. The third kappa shape index (κ3) is 2.70. The highest BCUT2D eigenvalue weighted by Crippen LogP contribution is 2.33. The first kappa shape index (κ1) is 17.0. The molecule has 1 fully saturated rings. The van der Waals surface area contributed by atoms with Gasteiger partial charge in [0.1, 0.15) is 12.2 Å². The fourth-order valence-corrected chi connectivity index (χ4v) is 3.19. The second kappa shape index (κ2) is 6.55. The molecule has 1 saturated heterocycles. The Hall–Kier alpha value is -1.89. The fourth-order valence-electron chi connectivity index (χ4n) is 2.59. The van der Waals surface area contributed by atoms with Gasteiger partial charge in [0.05, 0.1) is 17.7 Å². The first-order chi connectivity index (χ1) is 11.5. The van der Waals surface area contributed by atoms with Crippen LogP contribution in [0.1, 0.15) is 6.23 Å². The van der Waals surface area contributed by atoms with E-state index in [1.54, 1.807) is 0 Å². The lowest BCUT2D eigenvalue weighted by Gasteiger charge is -2.16. The maximum Gasteiger partial charge on any atom is 0.312 e. The van der Waals surface area contributed by atoms with Gasteiger partial charge in [0.15, 0.2) is 23.2 Å². The molecule has 3 heterocycles. The first-order valence-corrected chi connectivity index (χ1v) is 8.35. The predicted octanol–water partition coefficient (Wildman–Crippen LogP) is 0.0652. The van der Waals surface area contributed by atoms with Gasteiger partial charge in [0.25, 0.3) is 0 Å². The average Bonchev–Trinajstić information content (AvgIpc) is 3.10. The van der Waals surface area contributed by atoms with Crippen LogP contribution in [0.2, 0.25) is 0 Å². The fraction of sp³-hybridized carbons (Fsp3) is 0.583. The number of hydrogen-bond donors (Lipinski definition) is 2. The van der Waals surface area contributed by atoms with E-state index in [0.29, 0.717) is 5.75 Å². The van der Waals surface area contributed by atoms with E-state index in [-0.39, 0.29) is 17.0 Å². The Balaban J connectivity index is 2.05. The molecule has 4 atom stereocenters. The van der Waals surface area contributed by atoms with Gasteiger partial charge in [0, 0.05) is 12.8 Å². The number of anilines is 1. The van der Waals surface area contributed by atoms with Gasteiger partial charge in [0.2, 0.25) is 0 Å². The lowest BCUT2D eigenvalue weighted by atomic mass is 10.1. The smallest absolute Gasteiger partial charge is 0.312 e. The molecule has 10 nitrogen and oxygen atoms in total. The van der Waals surface area contributed by atoms with E-state index in [9.17, 15) is 19.5 Å². The number of nitrogens with zero attached hydrogens (tertiary/aromatic N) is 6. The van der Waals surface area contributed by atoms with Gasteiger partial charge in [-0.2, -0.15) is 26.1 Å². The van der Waals surface area contributed by atoms with Crippen LogP contribution in [0.3, 0.4) is 0 Å². The van der Waals surface area contributed by atoms with Crippen LogP contribution in [0, 0.1) is 11.0 Å². The molecule has 0 unspecified atom stereocenters. The summed E-state index contributed by atoms with van der Waals surface area (Å²) in [7, 11) is 1.30. The summed E-state index contributed by atoms with van der Waals surface area (Å²) in [5.74, 6) is 0.369. The van der Waals surface area contributed by atoms with Gasteiger partial charge in [-0.05, 0) is 6.26 Å². The zero-order valence-corrected chi connectivity index (χ0v) is 13.6. The van der Waals surface area contributed by atoms with Crippen LogP contribution in [-0.4, -0.2) is 67.1 Å². The minimum absolute atomic E-state index is 0.0223. The van der Waals surface area contributed by atoms with E-state index in [4.69, 9.17) is 4.74 Å². The Kier molecular flexibility index (Phi) is 4.62. The predicted molar refractivity (Wildman–Crippen MR) is 83.8 cm³/mol. The van der Waals surface area contributed by atoms with Crippen molar-refractivity contribution in [3.05, 3.63) is 17.3 Å². The second-order valence-electron chi connectivity index (χ2n) is 5.25. The minimum Gasteiger partial charge on any atom is -0.387 e. The van der Waals surface area contributed by atoms with E-state index in [1.165, 1.54) is 29.7 Å². The number of nitroso groups, excluding NO2 is 1. The number of ether oxygens (including phenoxy) is 1. The lowest BCUT2D eigenvalue weighted by molar-refractivity contribution is -0.0289. The van der Waals surface area contributed by atoms with E-state index in [0.717, 1.165) is 5.01 Å². The van der Waals surface area contributed by atoms with Crippen molar-refractivity contribution in [1.29, 1.82) is 0 Å². The largest absolute Gasteiger partial charge is 0.387 e. The van der Waals surface area contributed by atoms with Crippen LogP contribution >= 0.6 is 11.8 Å². The third-order valence-electron chi connectivity index (χ3n) is 3.75. The van der Waals surface area contributed by atoms with E-state index < -0.39 is 30.6 Å². The van der Waals surface area contributed by atoms with Crippen LogP contribution in [0.15, 0.2) is 11.6 Å². The zero-order valence-electron chi connectivity index (χ0n) is 12.8. The van der Waals surface area contributed by atoms with Crippen LogP contribution in [0.4, 0.5) is 10.2 Å². The van der Waals surface area contributed by atoms with Crippen molar-refractivity contribution >= 4 is 28.7 Å². The average molecular weight is 358 g/mol. The van der Waals surface area contributed by atoms with Crippen molar-refractivity contribution in [1.82, 2.24) is 19.5 Å². The van der Waals surface area contributed by atoms with Crippen molar-refractivity contribution in [2.24, 2.45) is 5.29 Å². The molecule has 2 aromatic heterocycles. The highest BCUT2D eigenvalue weighted by molar-refractivity contribution is 7.98. The summed E-state index contributed by atoms with van der Waals surface area (Å²) in [6.45, 7) is 0. The molecule has 24 heavy (non-hydrogen) atoms. The molecule has 0 aliphatic carbocycles. The molecule has 1 aliphatic rings. The topological polar surface area (TPSA) is 126 Å².